The largest absolute Gasteiger partial charge is 1.00 e. The minimum absolute atomic E-state index is 0. The maximum absolute atomic E-state index is 10.4. The number of rotatable bonds is 3. The topological polar surface area (TPSA) is 49.4 Å². The van der Waals surface area contributed by atoms with Crippen molar-refractivity contribution in [2.45, 2.75) is 0 Å². The van der Waals surface area contributed by atoms with Gasteiger partial charge in [-0.3, -0.25) is 0 Å². The van der Waals surface area contributed by atoms with Crippen LogP contribution < -0.4 is 56.5 Å². The predicted octanol–water partition coefficient (Wildman–Crippen LogP) is -2.57. The molecule has 1 aromatic rings. The Morgan fingerprint density at radius 2 is 1.93 bits per heavy atom. The molecule has 0 aliphatic heterocycles. The van der Waals surface area contributed by atoms with Gasteiger partial charge in [-0.2, -0.15) is 0 Å². The smallest absolute Gasteiger partial charge is 0.542 e. The molecule has 0 spiro atoms. The van der Waals surface area contributed by atoms with Gasteiger partial charge in [0.25, 0.3) is 0 Å². The standard InChI is InChI=1S/C10H10O3.K/c1-13-9(10(11)12)7-8-5-3-2-4-6-8;/h2-7H,1H3,(H,11,12);/q;+1/p-1. The van der Waals surface area contributed by atoms with Gasteiger partial charge in [-0.1, -0.05) is 30.3 Å². The van der Waals surface area contributed by atoms with Gasteiger partial charge in [-0.15, -0.1) is 0 Å². The van der Waals surface area contributed by atoms with Gasteiger partial charge >= 0.3 is 51.4 Å². The Bertz CT molecular complexity index is 319. The number of carbonyl (C=O) groups excluding carboxylic acids is 1. The number of carboxylic acid groups (broad SMARTS) is 1. The van der Waals surface area contributed by atoms with Crippen LogP contribution in [0.15, 0.2) is 36.1 Å². The summed E-state index contributed by atoms with van der Waals surface area (Å²) in [5.41, 5.74) is 0.767. The first-order chi connectivity index (χ1) is 6.24. The molecule has 0 atom stereocenters. The Labute approximate surface area is 125 Å². The van der Waals surface area contributed by atoms with E-state index in [1.165, 1.54) is 13.2 Å². The third kappa shape index (κ3) is 4.39. The van der Waals surface area contributed by atoms with E-state index in [0.29, 0.717) is 0 Å². The number of carboxylic acids is 1. The van der Waals surface area contributed by atoms with Crippen LogP contribution in [0.3, 0.4) is 0 Å². The van der Waals surface area contributed by atoms with E-state index in [2.05, 4.69) is 4.74 Å². The molecule has 0 N–H and O–H groups in total. The summed E-state index contributed by atoms with van der Waals surface area (Å²) in [5.74, 6) is -1.49. The number of benzene rings is 1. The zero-order valence-corrected chi connectivity index (χ0v) is 11.3. The van der Waals surface area contributed by atoms with Crippen LogP contribution in [0, 0.1) is 0 Å². The Kier molecular flexibility index (Phi) is 7.13. The molecule has 0 aliphatic carbocycles. The van der Waals surface area contributed by atoms with E-state index in [0.717, 1.165) is 5.56 Å². The Hall–Kier alpha value is -0.134. The predicted molar refractivity (Wildman–Crippen MR) is 46.4 cm³/mol. The van der Waals surface area contributed by atoms with Crippen LogP contribution in [0.2, 0.25) is 0 Å². The van der Waals surface area contributed by atoms with Crippen molar-refractivity contribution in [1.82, 2.24) is 0 Å². The summed E-state index contributed by atoms with van der Waals surface area (Å²) >= 11 is 0. The van der Waals surface area contributed by atoms with Crippen LogP contribution in [0.25, 0.3) is 6.08 Å². The summed E-state index contributed by atoms with van der Waals surface area (Å²) < 4.78 is 4.61. The van der Waals surface area contributed by atoms with Crippen LogP contribution in [-0.4, -0.2) is 13.1 Å². The summed E-state index contributed by atoms with van der Waals surface area (Å²) in [6, 6.07) is 9.04. The summed E-state index contributed by atoms with van der Waals surface area (Å²) in [6.45, 7) is 0. The minimum atomic E-state index is -1.31. The van der Waals surface area contributed by atoms with Gasteiger partial charge in [0.2, 0.25) is 0 Å². The summed E-state index contributed by atoms with van der Waals surface area (Å²) in [4.78, 5) is 10.4. The zero-order chi connectivity index (χ0) is 9.68. The van der Waals surface area contributed by atoms with E-state index in [4.69, 9.17) is 0 Å². The molecule has 0 radical (unpaired) electrons. The average Bonchev–Trinajstić information content (AvgIpc) is 2.15. The van der Waals surface area contributed by atoms with Gasteiger partial charge in [-0.05, 0) is 11.6 Å². The average molecular weight is 216 g/mol. The van der Waals surface area contributed by atoms with E-state index < -0.39 is 5.97 Å². The van der Waals surface area contributed by atoms with Crippen molar-refractivity contribution in [3.63, 3.8) is 0 Å². The van der Waals surface area contributed by atoms with Gasteiger partial charge in [-0.25, -0.2) is 0 Å². The van der Waals surface area contributed by atoms with E-state index in [-0.39, 0.29) is 57.1 Å². The molecule has 0 saturated heterocycles. The van der Waals surface area contributed by atoms with E-state index >= 15 is 0 Å². The second-order valence-corrected chi connectivity index (χ2v) is 2.41. The molecule has 0 heterocycles. The molecule has 4 heteroatoms. The third-order valence-corrected chi connectivity index (χ3v) is 1.52. The first-order valence-electron chi connectivity index (χ1n) is 3.76. The van der Waals surface area contributed by atoms with Crippen LogP contribution in [-0.2, 0) is 9.53 Å². The van der Waals surface area contributed by atoms with Gasteiger partial charge in [0.15, 0.2) is 0 Å². The zero-order valence-electron chi connectivity index (χ0n) is 8.19. The van der Waals surface area contributed by atoms with Crippen LogP contribution in [0.5, 0.6) is 0 Å². The molecule has 1 aromatic carbocycles. The monoisotopic (exact) mass is 216 g/mol. The molecule has 1 rings (SSSR count). The van der Waals surface area contributed by atoms with Crippen molar-refractivity contribution < 1.29 is 66.0 Å². The number of ether oxygens (including phenoxy) is 1. The number of carbonyl (C=O) groups is 1. The molecule has 0 saturated carbocycles. The van der Waals surface area contributed by atoms with Gasteiger partial charge in [0, 0.05) is 0 Å². The molecule has 68 valence electrons. The first kappa shape index (κ1) is 13.9. The maximum Gasteiger partial charge on any atom is 1.00 e. The number of methoxy groups -OCH3 is 1. The van der Waals surface area contributed by atoms with Crippen molar-refractivity contribution >= 4 is 12.0 Å². The van der Waals surface area contributed by atoms with E-state index in [9.17, 15) is 9.90 Å². The molecule has 0 aliphatic rings. The molecular weight excluding hydrogens is 207 g/mol. The fraction of sp³-hybridized carbons (Fsp3) is 0.100. The molecule has 0 fully saturated rings. The number of hydrogen-bond donors (Lipinski definition) is 0. The minimum Gasteiger partial charge on any atom is -0.542 e. The molecule has 0 aromatic heterocycles. The van der Waals surface area contributed by atoms with Crippen molar-refractivity contribution in [2.75, 3.05) is 7.11 Å². The molecule has 14 heavy (non-hydrogen) atoms. The number of aliphatic carboxylic acids is 1. The summed E-state index contributed by atoms with van der Waals surface area (Å²) in [6.07, 6.45) is 1.41. The summed E-state index contributed by atoms with van der Waals surface area (Å²) in [7, 11) is 1.30. The maximum atomic E-state index is 10.4. The second-order valence-electron chi connectivity index (χ2n) is 2.41. The summed E-state index contributed by atoms with van der Waals surface area (Å²) in [5, 5.41) is 10.4. The Morgan fingerprint density at radius 1 is 1.36 bits per heavy atom. The fourth-order valence-corrected chi connectivity index (χ4v) is 0.902. The molecular formula is C10H9KO3. The Morgan fingerprint density at radius 3 is 2.36 bits per heavy atom. The first-order valence-corrected chi connectivity index (χ1v) is 3.76. The second kappa shape index (κ2) is 7.20. The molecule has 0 bridgehead atoms. The van der Waals surface area contributed by atoms with Crippen molar-refractivity contribution in [3.8, 4) is 0 Å². The SMILES string of the molecule is COC(=Cc1ccccc1)C(=O)[O-].[K+]. The molecule has 3 nitrogen and oxygen atoms in total. The van der Waals surface area contributed by atoms with Crippen molar-refractivity contribution in [3.05, 3.63) is 41.7 Å². The van der Waals surface area contributed by atoms with Gasteiger partial charge in [0.1, 0.15) is 11.7 Å². The fourth-order valence-electron chi connectivity index (χ4n) is 0.902. The molecule has 0 unspecified atom stereocenters. The molecule has 0 amide bonds. The van der Waals surface area contributed by atoms with Crippen LogP contribution in [0.4, 0.5) is 0 Å². The number of hydrogen-bond acceptors (Lipinski definition) is 3. The van der Waals surface area contributed by atoms with Gasteiger partial charge in [0.05, 0.1) is 7.11 Å². The normalized spacial score (nSPS) is 10.2. The Balaban J connectivity index is 0.00000169. The van der Waals surface area contributed by atoms with E-state index in [1.807, 2.05) is 18.2 Å². The van der Waals surface area contributed by atoms with Crippen molar-refractivity contribution in [1.29, 1.82) is 0 Å². The van der Waals surface area contributed by atoms with Gasteiger partial charge < -0.3 is 14.6 Å². The van der Waals surface area contributed by atoms with Crippen molar-refractivity contribution in [2.24, 2.45) is 0 Å². The van der Waals surface area contributed by atoms with E-state index in [1.54, 1.807) is 12.1 Å². The quantitative estimate of drug-likeness (QED) is 0.317. The third-order valence-electron chi connectivity index (χ3n) is 1.52. The van der Waals surface area contributed by atoms with Crippen LogP contribution in [0.1, 0.15) is 5.56 Å². The van der Waals surface area contributed by atoms with Crippen LogP contribution >= 0.6 is 0 Å².